The normalized spacial score (nSPS) is 13.3. The predicted molar refractivity (Wildman–Crippen MR) is 117 cm³/mol. The van der Waals surface area contributed by atoms with Crippen LogP contribution in [0.3, 0.4) is 0 Å². The first kappa shape index (κ1) is 21.9. The van der Waals surface area contributed by atoms with Gasteiger partial charge in [-0.3, -0.25) is 19.3 Å². The molecule has 0 aliphatic carbocycles. The highest BCUT2D eigenvalue weighted by Gasteiger charge is 2.30. The van der Waals surface area contributed by atoms with Gasteiger partial charge < -0.3 is 15.0 Å². The van der Waals surface area contributed by atoms with Crippen LogP contribution in [0.25, 0.3) is 10.9 Å². The summed E-state index contributed by atoms with van der Waals surface area (Å²) in [7, 11) is 3.43. The van der Waals surface area contributed by atoms with Crippen LogP contribution in [0.5, 0.6) is 0 Å². The summed E-state index contributed by atoms with van der Waals surface area (Å²) in [6.45, 7) is 3.62. The van der Waals surface area contributed by atoms with Gasteiger partial charge in [0.25, 0.3) is 11.8 Å². The van der Waals surface area contributed by atoms with Gasteiger partial charge in [-0.1, -0.05) is 0 Å². The van der Waals surface area contributed by atoms with Crippen LogP contribution in [0, 0.1) is 12.7 Å². The van der Waals surface area contributed by atoms with Gasteiger partial charge in [0.15, 0.2) is 5.69 Å². The molecule has 0 saturated carbocycles. The summed E-state index contributed by atoms with van der Waals surface area (Å²) in [5, 5.41) is 7.89. The number of fused-ring (bicyclic) bond motifs is 2. The molecule has 0 radical (unpaired) electrons. The Labute approximate surface area is 185 Å². The Morgan fingerprint density at radius 1 is 1.28 bits per heavy atom. The largest absolute Gasteiger partial charge is 0.385 e. The van der Waals surface area contributed by atoms with E-state index in [0.717, 1.165) is 11.3 Å². The summed E-state index contributed by atoms with van der Waals surface area (Å²) in [6, 6.07) is 5.98. The van der Waals surface area contributed by atoms with Crippen molar-refractivity contribution >= 4 is 22.7 Å². The van der Waals surface area contributed by atoms with E-state index in [9.17, 15) is 14.0 Å². The van der Waals surface area contributed by atoms with Crippen molar-refractivity contribution in [2.45, 2.75) is 26.3 Å². The van der Waals surface area contributed by atoms with Gasteiger partial charge in [-0.15, -0.1) is 0 Å². The zero-order valence-electron chi connectivity index (χ0n) is 18.4. The Morgan fingerprint density at radius 3 is 2.88 bits per heavy atom. The number of aryl methyl sites for hydroxylation is 2. The number of amides is 2. The van der Waals surface area contributed by atoms with Crippen molar-refractivity contribution in [1.29, 1.82) is 0 Å². The van der Waals surface area contributed by atoms with E-state index in [1.165, 1.54) is 12.1 Å². The van der Waals surface area contributed by atoms with Gasteiger partial charge in [-0.2, -0.15) is 5.10 Å². The van der Waals surface area contributed by atoms with Crippen LogP contribution in [0.15, 0.2) is 24.3 Å². The van der Waals surface area contributed by atoms with Gasteiger partial charge >= 0.3 is 0 Å². The van der Waals surface area contributed by atoms with Crippen LogP contribution < -0.4 is 5.32 Å². The second-order valence-corrected chi connectivity index (χ2v) is 7.95. The smallest absolute Gasteiger partial charge is 0.272 e. The molecule has 168 valence electrons. The number of nitrogens with one attached hydrogen (secondary N) is 1. The fraction of sp³-hybridized carbons (Fsp3) is 0.391. The van der Waals surface area contributed by atoms with Crippen LogP contribution in [0.2, 0.25) is 0 Å². The Balaban J connectivity index is 1.60. The molecule has 0 unspecified atom stereocenters. The number of halogens is 1. The topological polar surface area (TPSA) is 89.4 Å². The number of aromatic nitrogens is 3. The molecule has 1 aromatic carbocycles. The van der Waals surface area contributed by atoms with Crippen molar-refractivity contribution in [3.8, 4) is 0 Å². The van der Waals surface area contributed by atoms with Gasteiger partial charge in [0.2, 0.25) is 0 Å². The third-order valence-corrected chi connectivity index (χ3v) is 5.69. The molecule has 3 heterocycles. The highest BCUT2D eigenvalue weighted by atomic mass is 19.1. The van der Waals surface area contributed by atoms with Crippen LogP contribution in [0.1, 0.15) is 44.2 Å². The molecule has 8 nitrogen and oxygen atoms in total. The molecule has 1 N–H and O–H groups in total. The first-order chi connectivity index (χ1) is 15.4. The van der Waals surface area contributed by atoms with Gasteiger partial charge in [0.05, 0.1) is 17.6 Å². The Morgan fingerprint density at radius 2 is 2.09 bits per heavy atom. The fourth-order valence-electron chi connectivity index (χ4n) is 4.13. The second-order valence-electron chi connectivity index (χ2n) is 7.95. The number of methoxy groups -OCH3 is 1. The minimum Gasteiger partial charge on any atom is -0.385 e. The lowest BCUT2D eigenvalue weighted by Crippen LogP contribution is -2.37. The Kier molecular flexibility index (Phi) is 6.18. The third-order valence-electron chi connectivity index (χ3n) is 5.69. The minimum atomic E-state index is -0.395. The number of nitrogens with zero attached hydrogens (tertiary/aromatic N) is 4. The lowest BCUT2D eigenvalue weighted by atomic mass is 10.0. The van der Waals surface area contributed by atoms with E-state index in [-0.39, 0.29) is 18.4 Å². The van der Waals surface area contributed by atoms with E-state index in [1.54, 1.807) is 35.7 Å². The summed E-state index contributed by atoms with van der Waals surface area (Å²) < 4.78 is 20.4. The number of hydrogen-bond donors (Lipinski definition) is 1. The highest BCUT2D eigenvalue weighted by molar-refractivity contribution is 6.06. The van der Waals surface area contributed by atoms with Crippen molar-refractivity contribution in [2.24, 2.45) is 7.05 Å². The molecule has 2 amide bonds. The third kappa shape index (κ3) is 4.20. The number of benzene rings is 1. The summed E-state index contributed by atoms with van der Waals surface area (Å²) in [4.78, 5) is 32.2. The van der Waals surface area contributed by atoms with Gasteiger partial charge in [0, 0.05) is 68.7 Å². The average molecular weight is 439 g/mol. The molecule has 0 bridgehead atoms. The molecule has 9 heteroatoms. The monoisotopic (exact) mass is 439 g/mol. The van der Waals surface area contributed by atoms with E-state index in [4.69, 9.17) is 4.74 Å². The van der Waals surface area contributed by atoms with Crippen molar-refractivity contribution < 1.29 is 18.7 Å². The van der Waals surface area contributed by atoms with E-state index in [1.807, 2.05) is 7.05 Å². The molecule has 1 aliphatic heterocycles. The van der Waals surface area contributed by atoms with Gasteiger partial charge in [0.1, 0.15) is 5.82 Å². The maximum Gasteiger partial charge on any atom is 0.272 e. The standard InChI is InChI=1S/C23H26FN5O3/c1-14-11-17(16-6-5-15(24)12-19(16)26-14)23(31)29-9-7-20-18(13-29)21(27-28(20)2)22(30)25-8-4-10-32-3/h5-6,11-12H,4,7-10,13H2,1-3H3,(H,25,30). The quantitative estimate of drug-likeness (QED) is 0.596. The predicted octanol–water partition coefficient (Wildman–Crippen LogP) is 2.38. The summed E-state index contributed by atoms with van der Waals surface area (Å²) in [6.07, 6.45) is 1.30. The van der Waals surface area contributed by atoms with Crippen LogP contribution >= 0.6 is 0 Å². The molecule has 3 aromatic rings. The Hall–Kier alpha value is -3.33. The molecule has 4 rings (SSSR count). The molecular weight excluding hydrogens is 413 g/mol. The first-order valence-corrected chi connectivity index (χ1v) is 10.6. The second kappa shape index (κ2) is 9.04. The zero-order valence-corrected chi connectivity index (χ0v) is 18.4. The van der Waals surface area contributed by atoms with Crippen molar-refractivity contribution in [1.82, 2.24) is 25.0 Å². The minimum absolute atomic E-state index is 0.173. The molecule has 0 saturated heterocycles. The number of pyridine rings is 1. The van der Waals surface area contributed by atoms with Crippen LogP contribution in [-0.4, -0.2) is 58.3 Å². The molecule has 0 spiro atoms. The van der Waals surface area contributed by atoms with Crippen LogP contribution in [0.4, 0.5) is 4.39 Å². The van der Waals surface area contributed by atoms with Crippen molar-refractivity contribution in [3.63, 3.8) is 0 Å². The molecule has 2 aromatic heterocycles. The summed E-state index contributed by atoms with van der Waals surface area (Å²) in [5.74, 6) is -0.825. The van der Waals surface area contributed by atoms with Gasteiger partial charge in [-0.25, -0.2) is 4.39 Å². The lowest BCUT2D eigenvalue weighted by Gasteiger charge is -2.28. The van der Waals surface area contributed by atoms with Gasteiger partial charge in [-0.05, 0) is 31.5 Å². The maximum atomic E-state index is 13.7. The summed E-state index contributed by atoms with van der Waals surface area (Å²) >= 11 is 0. The number of rotatable bonds is 6. The average Bonchev–Trinajstić information content (AvgIpc) is 3.11. The number of ether oxygens (including phenoxy) is 1. The SMILES string of the molecule is COCCCNC(=O)c1nn(C)c2c1CN(C(=O)c1cc(C)nc3cc(F)ccc13)CC2. The highest BCUT2D eigenvalue weighted by Crippen LogP contribution is 2.26. The van der Waals surface area contributed by atoms with Crippen LogP contribution in [-0.2, 0) is 24.8 Å². The first-order valence-electron chi connectivity index (χ1n) is 10.6. The molecular formula is C23H26FN5O3. The maximum absolute atomic E-state index is 13.7. The molecule has 0 atom stereocenters. The zero-order chi connectivity index (χ0) is 22.8. The van der Waals surface area contributed by atoms with E-state index < -0.39 is 5.82 Å². The number of carbonyl (C=O) groups excluding carboxylic acids is 2. The Bertz CT molecular complexity index is 1180. The van der Waals surface area contributed by atoms with E-state index >= 15 is 0 Å². The molecule has 32 heavy (non-hydrogen) atoms. The van der Waals surface area contributed by atoms with E-state index in [2.05, 4.69) is 15.4 Å². The summed E-state index contributed by atoms with van der Waals surface area (Å²) in [5.41, 5.74) is 3.62. The van der Waals surface area contributed by atoms with Crippen molar-refractivity contribution in [3.05, 3.63) is 58.3 Å². The molecule has 0 fully saturated rings. The molecule has 1 aliphatic rings. The van der Waals surface area contributed by atoms with E-state index in [0.29, 0.717) is 60.4 Å². The van der Waals surface area contributed by atoms with Crippen molar-refractivity contribution in [2.75, 3.05) is 26.8 Å². The number of carbonyl (C=O) groups is 2. The number of hydrogen-bond acceptors (Lipinski definition) is 5. The fourth-order valence-corrected chi connectivity index (χ4v) is 4.13. The lowest BCUT2D eigenvalue weighted by molar-refractivity contribution is 0.0732.